The van der Waals surface area contributed by atoms with Crippen molar-refractivity contribution in [1.29, 1.82) is 0 Å². The average Bonchev–Trinajstić information content (AvgIpc) is 2.83. The number of Topliss-reactive ketones (excluding diaryl/α,β-unsaturated/α-hetero) is 1. The highest BCUT2D eigenvalue weighted by Crippen LogP contribution is 2.36. The molecular formula is C26H30O6. The number of carboxylic acid groups (broad SMARTS) is 1. The molecule has 1 saturated carbocycles. The normalized spacial score (nSPS) is 15.0. The van der Waals surface area contributed by atoms with E-state index in [1.54, 1.807) is 49.6 Å². The number of hydrogen-bond donors (Lipinski definition) is 1. The summed E-state index contributed by atoms with van der Waals surface area (Å²) in [6.07, 6.45) is 5.79. The molecule has 2 aromatic rings. The van der Waals surface area contributed by atoms with Gasteiger partial charge in [-0.3, -0.25) is 4.79 Å². The molecule has 1 N–H and O–H groups in total. The molecule has 1 aliphatic carbocycles. The van der Waals surface area contributed by atoms with Crippen LogP contribution in [0.3, 0.4) is 0 Å². The van der Waals surface area contributed by atoms with Gasteiger partial charge in [0.25, 0.3) is 0 Å². The summed E-state index contributed by atoms with van der Waals surface area (Å²) in [7, 11) is 4.58. The van der Waals surface area contributed by atoms with Gasteiger partial charge in [0.15, 0.2) is 5.78 Å². The van der Waals surface area contributed by atoms with Crippen LogP contribution in [-0.2, 0) is 4.79 Å². The van der Waals surface area contributed by atoms with Crippen LogP contribution in [0.25, 0.3) is 5.57 Å². The lowest BCUT2D eigenvalue weighted by Gasteiger charge is -2.24. The Kier molecular flexibility index (Phi) is 7.92. The molecule has 0 heterocycles. The summed E-state index contributed by atoms with van der Waals surface area (Å²) in [5.41, 5.74) is 1.13. The molecule has 0 aromatic heterocycles. The topological polar surface area (TPSA) is 82.1 Å². The number of hydrogen-bond acceptors (Lipinski definition) is 5. The monoisotopic (exact) mass is 438 g/mol. The Hall–Kier alpha value is -3.28. The average molecular weight is 439 g/mol. The lowest BCUT2D eigenvalue weighted by atomic mass is 9.80. The quantitative estimate of drug-likeness (QED) is 0.417. The van der Waals surface area contributed by atoms with Gasteiger partial charge in [-0.2, -0.15) is 0 Å². The van der Waals surface area contributed by atoms with Crippen LogP contribution >= 0.6 is 0 Å². The Balaban J connectivity index is 2.15. The second-order valence-electron chi connectivity index (χ2n) is 8.03. The van der Waals surface area contributed by atoms with Crippen molar-refractivity contribution in [3.05, 3.63) is 59.2 Å². The van der Waals surface area contributed by atoms with Crippen molar-refractivity contribution in [2.45, 2.75) is 38.5 Å². The molecule has 0 radical (unpaired) electrons. The molecule has 1 aliphatic rings. The molecular weight excluding hydrogens is 408 g/mol. The zero-order valence-electron chi connectivity index (χ0n) is 18.8. The zero-order valence-corrected chi connectivity index (χ0v) is 18.8. The van der Waals surface area contributed by atoms with Gasteiger partial charge in [-0.1, -0.05) is 32.1 Å². The zero-order chi connectivity index (χ0) is 23.1. The highest BCUT2D eigenvalue weighted by molar-refractivity contribution is 6.26. The van der Waals surface area contributed by atoms with Gasteiger partial charge in [0.05, 0.1) is 26.9 Å². The number of rotatable bonds is 9. The Bertz CT molecular complexity index is 962. The largest absolute Gasteiger partial charge is 0.497 e. The van der Waals surface area contributed by atoms with E-state index < -0.39 is 5.97 Å². The number of allylic oxidation sites excluding steroid dienone is 1. The number of carbonyl (C=O) groups excluding carboxylic acids is 1. The van der Waals surface area contributed by atoms with Crippen molar-refractivity contribution in [1.82, 2.24) is 0 Å². The Morgan fingerprint density at radius 1 is 0.812 bits per heavy atom. The molecule has 0 bridgehead atoms. The molecule has 32 heavy (non-hydrogen) atoms. The maximum atomic E-state index is 13.6. The fourth-order valence-electron chi connectivity index (χ4n) is 4.28. The van der Waals surface area contributed by atoms with Crippen LogP contribution in [0.1, 0.15) is 54.4 Å². The van der Waals surface area contributed by atoms with Crippen molar-refractivity contribution in [2.24, 2.45) is 5.92 Å². The Morgan fingerprint density at radius 2 is 1.38 bits per heavy atom. The lowest BCUT2D eigenvalue weighted by molar-refractivity contribution is -0.130. The van der Waals surface area contributed by atoms with Crippen LogP contribution in [-0.4, -0.2) is 38.2 Å². The van der Waals surface area contributed by atoms with E-state index in [9.17, 15) is 14.7 Å². The fraction of sp³-hybridized carbons (Fsp3) is 0.385. The van der Waals surface area contributed by atoms with E-state index in [4.69, 9.17) is 14.2 Å². The maximum Gasteiger partial charge on any atom is 0.336 e. The van der Waals surface area contributed by atoms with E-state index in [0.29, 0.717) is 40.4 Å². The standard InChI is InChI=1S/C26H30O6/c1-30-20-11-9-18(10-12-20)25(27)23(13-17-7-5-4-6-8-17)24(26(28)29)19-14-21(31-2)16-22(15-19)32-3/h9-12,14-17H,4-8,13H2,1-3H3,(H,28,29)/b24-23-. The fourth-order valence-corrected chi connectivity index (χ4v) is 4.28. The van der Waals surface area contributed by atoms with Crippen molar-refractivity contribution in [2.75, 3.05) is 21.3 Å². The van der Waals surface area contributed by atoms with Crippen LogP contribution in [0.15, 0.2) is 48.0 Å². The van der Waals surface area contributed by atoms with Gasteiger partial charge < -0.3 is 19.3 Å². The van der Waals surface area contributed by atoms with Gasteiger partial charge in [-0.05, 0) is 54.3 Å². The van der Waals surface area contributed by atoms with Crippen molar-refractivity contribution >= 4 is 17.3 Å². The first-order valence-electron chi connectivity index (χ1n) is 10.9. The second kappa shape index (κ2) is 10.8. The summed E-state index contributed by atoms with van der Waals surface area (Å²) in [5.74, 6) is 0.419. The van der Waals surface area contributed by atoms with Crippen LogP contribution in [0.2, 0.25) is 0 Å². The minimum Gasteiger partial charge on any atom is -0.497 e. The van der Waals surface area contributed by atoms with Crippen LogP contribution < -0.4 is 14.2 Å². The highest BCUT2D eigenvalue weighted by atomic mass is 16.5. The summed E-state index contributed by atoms with van der Waals surface area (Å²) in [4.78, 5) is 26.1. The summed E-state index contributed by atoms with van der Waals surface area (Å²) in [5, 5.41) is 10.2. The first-order valence-corrected chi connectivity index (χ1v) is 10.9. The first kappa shape index (κ1) is 23.4. The van der Waals surface area contributed by atoms with Crippen LogP contribution in [0.4, 0.5) is 0 Å². The van der Waals surface area contributed by atoms with E-state index in [1.807, 2.05) is 0 Å². The van der Waals surface area contributed by atoms with E-state index in [2.05, 4.69) is 0 Å². The van der Waals surface area contributed by atoms with E-state index in [1.165, 1.54) is 20.6 Å². The number of benzene rings is 2. The molecule has 6 nitrogen and oxygen atoms in total. The van der Waals surface area contributed by atoms with Gasteiger partial charge in [-0.25, -0.2) is 4.79 Å². The number of methoxy groups -OCH3 is 3. The van der Waals surface area contributed by atoms with Gasteiger partial charge >= 0.3 is 5.97 Å². The van der Waals surface area contributed by atoms with Crippen molar-refractivity contribution < 1.29 is 28.9 Å². The molecule has 170 valence electrons. The van der Waals surface area contributed by atoms with Gasteiger partial charge in [0.1, 0.15) is 17.2 Å². The molecule has 6 heteroatoms. The van der Waals surface area contributed by atoms with Crippen LogP contribution in [0.5, 0.6) is 17.2 Å². The molecule has 0 saturated heterocycles. The number of ketones is 1. The third-order valence-electron chi connectivity index (χ3n) is 6.00. The first-order chi connectivity index (χ1) is 15.5. The molecule has 2 aromatic carbocycles. The molecule has 0 aliphatic heterocycles. The third-order valence-corrected chi connectivity index (χ3v) is 6.00. The minimum absolute atomic E-state index is 0.00593. The molecule has 1 fully saturated rings. The smallest absolute Gasteiger partial charge is 0.336 e. The lowest BCUT2D eigenvalue weighted by Crippen LogP contribution is -2.17. The van der Waals surface area contributed by atoms with Gasteiger partial charge in [-0.15, -0.1) is 0 Å². The summed E-state index contributed by atoms with van der Waals surface area (Å²) in [6.45, 7) is 0. The van der Waals surface area contributed by atoms with Gasteiger partial charge in [0.2, 0.25) is 0 Å². The third kappa shape index (κ3) is 5.49. The number of carbonyl (C=O) groups is 2. The highest BCUT2D eigenvalue weighted by Gasteiger charge is 2.27. The summed E-state index contributed by atoms with van der Waals surface area (Å²) in [6, 6.07) is 11.7. The molecule has 0 amide bonds. The predicted molar refractivity (Wildman–Crippen MR) is 123 cm³/mol. The molecule has 0 unspecified atom stereocenters. The Labute approximate surface area is 188 Å². The van der Waals surface area contributed by atoms with Crippen LogP contribution in [0, 0.1) is 5.92 Å². The SMILES string of the molecule is COc1ccc(C(=O)/C(CC2CCCCC2)=C(\C(=O)O)c2cc(OC)cc(OC)c2)cc1. The number of carboxylic acids is 1. The van der Waals surface area contributed by atoms with Crippen molar-refractivity contribution in [3.63, 3.8) is 0 Å². The Morgan fingerprint density at radius 3 is 1.88 bits per heavy atom. The predicted octanol–water partition coefficient (Wildman–Crippen LogP) is 5.40. The molecule has 3 rings (SSSR count). The second-order valence-corrected chi connectivity index (χ2v) is 8.03. The molecule has 0 atom stereocenters. The van der Waals surface area contributed by atoms with Gasteiger partial charge in [0, 0.05) is 17.2 Å². The maximum absolute atomic E-state index is 13.6. The number of ether oxygens (including phenoxy) is 3. The number of aliphatic carboxylic acids is 1. The minimum atomic E-state index is -1.15. The van der Waals surface area contributed by atoms with E-state index >= 15 is 0 Å². The summed E-state index contributed by atoms with van der Waals surface area (Å²) >= 11 is 0. The van der Waals surface area contributed by atoms with E-state index in [-0.39, 0.29) is 17.3 Å². The summed E-state index contributed by atoms with van der Waals surface area (Å²) < 4.78 is 15.9. The molecule has 0 spiro atoms. The van der Waals surface area contributed by atoms with Crippen molar-refractivity contribution in [3.8, 4) is 17.2 Å². The van der Waals surface area contributed by atoms with E-state index in [0.717, 1.165) is 25.7 Å².